The number of aromatic nitrogens is 2. The number of benzene rings is 2. The van der Waals surface area contributed by atoms with Crippen LogP contribution in [0.25, 0.3) is 11.1 Å². The second-order valence-electron chi connectivity index (χ2n) is 6.25. The fraction of sp³-hybridized carbons (Fsp3) is 0.190. The van der Waals surface area contributed by atoms with E-state index in [1.807, 2.05) is 53.3 Å². The van der Waals surface area contributed by atoms with Crippen molar-refractivity contribution in [1.29, 1.82) is 5.26 Å². The van der Waals surface area contributed by atoms with Gasteiger partial charge in [-0.15, -0.1) is 0 Å². The summed E-state index contributed by atoms with van der Waals surface area (Å²) in [4.78, 5) is 12.7. The number of nitrogens with one attached hydrogen (secondary N) is 1. The molecule has 0 fully saturated rings. The van der Waals surface area contributed by atoms with E-state index in [1.165, 1.54) is 0 Å². The number of hydrogen-bond acceptors (Lipinski definition) is 3. The summed E-state index contributed by atoms with van der Waals surface area (Å²) in [5.41, 5.74) is 2.66. The van der Waals surface area contributed by atoms with Crippen molar-refractivity contribution < 1.29 is 4.79 Å². The van der Waals surface area contributed by atoms with Crippen molar-refractivity contribution in [2.24, 2.45) is 5.92 Å². The molecule has 3 rings (SSSR count). The minimum atomic E-state index is -0.138. The van der Waals surface area contributed by atoms with E-state index in [9.17, 15) is 10.1 Å². The smallest absolute Gasteiger partial charge is 0.251 e. The van der Waals surface area contributed by atoms with Crippen LogP contribution in [-0.4, -0.2) is 22.2 Å². The molecule has 1 N–H and O–H groups in total. The molecule has 5 heteroatoms. The van der Waals surface area contributed by atoms with Crippen LogP contribution in [0.15, 0.2) is 67.0 Å². The van der Waals surface area contributed by atoms with Crippen molar-refractivity contribution in [3.05, 3.63) is 78.1 Å². The van der Waals surface area contributed by atoms with Crippen LogP contribution in [0.5, 0.6) is 0 Å². The molecular formula is C21H20N4O. The maximum atomic E-state index is 12.7. The molecule has 1 aromatic heterocycles. The SMILES string of the molecule is C[C@H](CNC(=O)c1ccccc1-c1ccccc1C#N)Cn1cccn1. The molecule has 26 heavy (non-hydrogen) atoms. The maximum Gasteiger partial charge on any atom is 0.251 e. The Bertz CT molecular complexity index is 925. The zero-order valence-corrected chi connectivity index (χ0v) is 14.6. The van der Waals surface area contributed by atoms with Crippen LogP contribution in [0, 0.1) is 17.2 Å². The number of nitriles is 1. The van der Waals surface area contributed by atoms with E-state index in [4.69, 9.17) is 0 Å². The fourth-order valence-corrected chi connectivity index (χ4v) is 2.89. The van der Waals surface area contributed by atoms with Crippen LogP contribution in [0.1, 0.15) is 22.8 Å². The fourth-order valence-electron chi connectivity index (χ4n) is 2.89. The molecular weight excluding hydrogens is 324 g/mol. The summed E-state index contributed by atoms with van der Waals surface area (Å²) < 4.78 is 1.86. The number of amides is 1. The molecule has 0 aliphatic rings. The van der Waals surface area contributed by atoms with Crippen LogP contribution >= 0.6 is 0 Å². The van der Waals surface area contributed by atoms with Gasteiger partial charge in [0.2, 0.25) is 0 Å². The summed E-state index contributed by atoms with van der Waals surface area (Å²) >= 11 is 0. The van der Waals surface area contributed by atoms with Gasteiger partial charge in [0.25, 0.3) is 5.91 Å². The van der Waals surface area contributed by atoms with Gasteiger partial charge in [-0.05, 0) is 29.7 Å². The molecule has 0 saturated heterocycles. The Morgan fingerprint density at radius 2 is 1.88 bits per heavy atom. The molecule has 0 unspecified atom stereocenters. The third-order valence-corrected chi connectivity index (χ3v) is 4.18. The average Bonchev–Trinajstić information content (AvgIpc) is 3.19. The summed E-state index contributed by atoms with van der Waals surface area (Å²) in [7, 11) is 0. The molecule has 2 aromatic carbocycles. The average molecular weight is 344 g/mol. The summed E-state index contributed by atoms with van der Waals surface area (Å²) in [5.74, 6) is 0.109. The van der Waals surface area contributed by atoms with Gasteiger partial charge in [-0.1, -0.05) is 43.3 Å². The third-order valence-electron chi connectivity index (χ3n) is 4.18. The van der Waals surface area contributed by atoms with Crippen molar-refractivity contribution in [3.63, 3.8) is 0 Å². The standard InChI is InChI=1S/C21H20N4O/c1-16(15-25-12-6-11-24-25)14-23-21(26)20-10-5-4-9-19(20)18-8-3-2-7-17(18)13-22/h2-12,16H,14-15H2,1H3,(H,23,26)/t16-/m1/s1. The van der Waals surface area contributed by atoms with Crippen LogP contribution in [0.4, 0.5) is 0 Å². The molecule has 0 radical (unpaired) electrons. The highest BCUT2D eigenvalue weighted by atomic mass is 16.1. The lowest BCUT2D eigenvalue weighted by molar-refractivity contribution is 0.0947. The normalized spacial score (nSPS) is 11.5. The maximum absolute atomic E-state index is 12.7. The molecule has 0 saturated carbocycles. The first-order valence-corrected chi connectivity index (χ1v) is 8.53. The van der Waals surface area contributed by atoms with E-state index in [2.05, 4.69) is 23.4 Å². The number of carbonyl (C=O) groups excluding carboxylic acids is 1. The Morgan fingerprint density at radius 1 is 1.15 bits per heavy atom. The van der Waals surface area contributed by atoms with Crippen LogP contribution in [0.2, 0.25) is 0 Å². The van der Waals surface area contributed by atoms with Crippen LogP contribution in [0.3, 0.4) is 0 Å². The molecule has 0 aliphatic carbocycles. The highest BCUT2D eigenvalue weighted by molar-refractivity contribution is 6.01. The van der Waals surface area contributed by atoms with E-state index in [0.29, 0.717) is 17.7 Å². The second kappa shape index (κ2) is 8.13. The largest absolute Gasteiger partial charge is 0.352 e. The van der Waals surface area contributed by atoms with Gasteiger partial charge in [0.15, 0.2) is 0 Å². The lowest BCUT2D eigenvalue weighted by Crippen LogP contribution is -2.30. The molecule has 0 aliphatic heterocycles. The number of nitrogens with zero attached hydrogens (tertiary/aromatic N) is 3. The first-order chi connectivity index (χ1) is 12.7. The van der Waals surface area contributed by atoms with E-state index in [0.717, 1.165) is 17.7 Å². The molecule has 1 amide bonds. The van der Waals surface area contributed by atoms with E-state index in [-0.39, 0.29) is 11.8 Å². The molecule has 1 heterocycles. The second-order valence-corrected chi connectivity index (χ2v) is 6.25. The zero-order valence-electron chi connectivity index (χ0n) is 14.6. The minimum Gasteiger partial charge on any atom is -0.352 e. The molecule has 0 spiro atoms. The Hall–Kier alpha value is -3.39. The zero-order chi connectivity index (χ0) is 18.4. The predicted molar refractivity (Wildman–Crippen MR) is 100 cm³/mol. The minimum absolute atomic E-state index is 0.138. The monoisotopic (exact) mass is 344 g/mol. The first kappa shape index (κ1) is 17.4. The summed E-state index contributed by atoms with van der Waals surface area (Å²) in [6.07, 6.45) is 3.65. The highest BCUT2D eigenvalue weighted by Gasteiger charge is 2.15. The Labute approximate surface area is 152 Å². The molecule has 1 atom stereocenters. The van der Waals surface area contributed by atoms with Crippen molar-refractivity contribution in [3.8, 4) is 17.2 Å². The van der Waals surface area contributed by atoms with Gasteiger partial charge in [-0.2, -0.15) is 10.4 Å². The Kier molecular flexibility index (Phi) is 5.45. The molecule has 0 bridgehead atoms. The Balaban J connectivity index is 1.75. The highest BCUT2D eigenvalue weighted by Crippen LogP contribution is 2.26. The molecule has 130 valence electrons. The summed E-state index contributed by atoms with van der Waals surface area (Å²) in [5, 5.41) is 16.5. The van der Waals surface area contributed by atoms with Gasteiger partial charge in [-0.3, -0.25) is 9.48 Å². The van der Waals surface area contributed by atoms with E-state index < -0.39 is 0 Å². The summed E-state index contributed by atoms with van der Waals surface area (Å²) in [6, 6.07) is 18.8. The van der Waals surface area contributed by atoms with Gasteiger partial charge < -0.3 is 5.32 Å². The van der Waals surface area contributed by atoms with Crippen LogP contribution < -0.4 is 5.32 Å². The predicted octanol–water partition coefficient (Wildman–Crippen LogP) is 3.49. The van der Waals surface area contributed by atoms with Gasteiger partial charge in [-0.25, -0.2) is 0 Å². The lowest BCUT2D eigenvalue weighted by atomic mass is 9.95. The topological polar surface area (TPSA) is 70.7 Å². The van der Waals surface area contributed by atoms with Gasteiger partial charge in [0.05, 0.1) is 11.6 Å². The van der Waals surface area contributed by atoms with Crippen LogP contribution in [-0.2, 0) is 6.54 Å². The third kappa shape index (κ3) is 3.98. The summed E-state index contributed by atoms with van der Waals surface area (Å²) in [6.45, 7) is 3.36. The van der Waals surface area contributed by atoms with Crippen molar-refractivity contribution in [2.75, 3.05) is 6.54 Å². The molecule has 5 nitrogen and oxygen atoms in total. The Morgan fingerprint density at radius 3 is 2.62 bits per heavy atom. The molecule has 3 aromatic rings. The lowest BCUT2D eigenvalue weighted by Gasteiger charge is -2.15. The van der Waals surface area contributed by atoms with Crippen molar-refractivity contribution in [2.45, 2.75) is 13.5 Å². The van der Waals surface area contributed by atoms with Gasteiger partial charge >= 0.3 is 0 Å². The van der Waals surface area contributed by atoms with Crippen molar-refractivity contribution >= 4 is 5.91 Å². The number of hydrogen-bond donors (Lipinski definition) is 1. The van der Waals surface area contributed by atoms with E-state index in [1.54, 1.807) is 18.3 Å². The number of rotatable bonds is 6. The quantitative estimate of drug-likeness (QED) is 0.744. The first-order valence-electron chi connectivity index (χ1n) is 8.53. The number of carbonyl (C=O) groups is 1. The van der Waals surface area contributed by atoms with Gasteiger partial charge in [0, 0.05) is 36.6 Å². The van der Waals surface area contributed by atoms with Gasteiger partial charge in [0.1, 0.15) is 0 Å². The van der Waals surface area contributed by atoms with Crippen molar-refractivity contribution in [1.82, 2.24) is 15.1 Å². The van der Waals surface area contributed by atoms with E-state index >= 15 is 0 Å².